The minimum Gasteiger partial charge on any atom is -0.494 e. The summed E-state index contributed by atoms with van der Waals surface area (Å²) < 4.78 is 20.6. The van der Waals surface area contributed by atoms with Gasteiger partial charge in [-0.15, -0.1) is 0 Å². The zero-order valence-corrected chi connectivity index (χ0v) is 14.5. The number of hydrogen-bond acceptors (Lipinski definition) is 3. The molecule has 3 nitrogen and oxygen atoms in total. The van der Waals surface area contributed by atoms with Crippen LogP contribution in [0.3, 0.4) is 0 Å². The number of halogens is 3. The SMILES string of the molecule is COc1ccc(CC(NN)c2cc(Br)ccc2Br)cc1F. The van der Waals surface area contributed by atoms with Gasteiger partial charge in [0.15, 0.2) is 11.6 Å². The number of nitrogens with two attached hydrogens (primary N) is 1. The Labute approximate surface area is 139 Å². The van der Waals surface area contributed by atoms with Gasteiger partial charge in [-0.1, -0.05) is 37.9 Å². The highest BCUT2D eigenvalue weighted by Gasteiger charge is 2.15. The van der Waals surface area contributed by atoms with Gasteiger partial charge in [0.05, 0.1) is 13.2 Å². The highest BCUT2D eigenvalue weighted by atomic mass is 79.9. The molecule has 3 N–H and O–H groups in total. The highest BCUT2D eigenvalue weighted by molar-refractivity contribution is 9.11. The Morgan fingerprint density at radius 1 is 1.24 bits per heavy atom. The average Bonchev–Trinajstić information content (AvgIpc) is 2.47. The Hall–Kier alpha value is -0.950. The molecule has 1 unspecified atom stereocenters. The van der Waals surface area contributed by atoms with Crippen LogP contribution in [0.25, 0.3) is 0 Å². The number of hydrazine groups is 1. The smallest absolute Gasteiger partial charge is 0.165 e. The van der Waals surface area contributed by atoms with E-state index < -0.39 is 0 Å². The van der Waals surface area contributed by atoms with Crippen molar-refractivity contribution in [2.24, 2.45) is 5.84 Å². The third-order valence-electron chi connectivity index (χ3n) is 3.19. The minimum absolute atomic E-state index is 0.135. The van der Waals surface area contributed by atoms with Gasteiger partial charge in [-0.25, -0.2) is 4.39 Å². The second-order valence-electron chi connectivity index (χ2n) is 4.56. The van der Waals surface area contributed by atoms with Crippen LogP contribution in [0.5, 0.6) is 5.75 Å². The minimum atomic E-state index is -0.376. The second-order valence-corrected chi connectivity index (χ2v) is 6.33. The number of ether oxygens (including phenoxy) is 1. The van der Waals surface area contributed by atoms with Gasteiger partial charge in [0.2, 0.25) is 0 Å². The van der Waals surface area contributed by atoms with Crippen LogP contribution in [0, 0.1) is 5.82 Å². The molecule has 112 valence electrons. The van der Waals surface area contributed by atoms with Gasteiger partial charge in [-0.05, 0) is 47.9 Å². The Bertz CT molecular complexity index is 637. The average molecular weight is 418 g/mol. The van der Waals surface area contributed by atoms with E-state index in [1.54, 1.807) is 6.07 Å². The number of nitrogens with one attached hydrogen (secondary N) is 1. The third-order valence-corrected chi connectivity index (χ3v) is 4.41. The van der Waals surface area contributed by atoms with Crippen LogP contribution in [-0.4, -0.2) is 7.11 Å². The van der Waals surface area contributed by atoms with Gasteiger partial charge in [-0.2, -0.15) is 0 Å². The first kappa shape index (κ1) is 16.4. The Balaban J connectivity index is 2.26. The molecule has 0 aliphatic rings. The molecule has 0 heterocycles. The van der Waals surface area contributed by atoms with Crippen LogP contribution >= 0.6 is 31.9 Å². The Morgan fingerprint density at radius 3 is 2.62 bits per heavy atom. The summed E-state index contributed by atoms with van der Waals surface area (Å²) in [6, 6.07) is 10.6. The molecule has 2 aromatic carbocycles. The largest absolute Gasteiger partial charge is 0.494 e. The zero-order valence-electron chi connectivity index (χ0n) is 11.4. The van der Waals surface area contributed by atoms with E-state index in [0.717, 1.165) is 20.1 Å². The molecular formula is C15H15Br2FN2O. The maximum Gasteiger partial charge on any atom is 0.165 e. The van der Waals surface area contributed by atoms with Gasteiger partial charge in [0.25, 0.3) is 0 Å². The first-order valence-corrected chi connectivity index (χ1v) is 7.87. The first-order chi connectivity index (χ1) is 10.0. The molecule has 1 atom stereocenters. The van der Waals surface area contributed by atoms with E-state index in [4.69, 9.17) is 10.6 Å². The summed E-state index contributed by atoms with van der Waals surface area (Å²) in [6.07, 6.45) is 0.562. The van der Waals surface area contributed by atoms with E-state index in [9.17, 15) is 4.39 Å². The molecule has 0 bridgehead atoms. The van der Waals surface area contributed by atoms with Crippen molar-refractivity contribution in [2.45, 2.75) is 12.5 Å². The van der Waals surface area contributed by atoms with Crippen LogP contribution in [0.4, 0.5) is 4.39 Å². The normalized spacial score (nSPS) is 12.2. The Morgan fingerprint density at radius 2 is 2.00 bits per heavy atom. The van der Waals surface area contributed by atoms with Gasteiger partial charge in [0.1, 0.15) is 0 Å². The van der Waals surface area contributed by atoms with Crippen LogP contribution in [0.1, 0.15) is 17.2 Å². The fourth-order valence-corrected chi connectivity index (χ4v) is 3.01. The predicted octanol–water partition coefficient (Wildman–Crippen LogP) is 4.11. The molecule has 0 aliphatic heterocycles. The van der Waals surface area contributed by atoms with E-state index in [-0.39, 0.29) is 17.6 Å². The standard InChI is InChI=1S/C15H15Br2FN2O/c1-21-15-5-2-9(6-13(15)18)7-14(20-19)11-8-10(16)3-4-12(11)17/h2-6,8,14,20H,7,19H2,1H3. The van der Waals surface area contributed by atoms with E-state index in [2.05, 4.69) is 37.3 Å². The molecule has 21 heavy (non-hydrogen) atoms. The van der Waals surface area contributed by atoms with Crippen molar-refractivity contribution in [3.05, 3.63) is 62.3 Å². The monoisotopic (exact) mass is 416 g/mol. The molecule has 0 radical (unpaired) electrons. The molecule has 0 aliphatic carbocycles. The van der Waals surface area contributed by atoms with Gasteiger partial charge < -0.3 is 4.74 Å². The van der Waals surface area contributed by atoms with Crippen molar-refractivity contribution >= 4 is 31.9 Å². The zero-order chi connectivity index (χ0) is 15.4. The van der Waals surface area contributed by atoms with E-state index in [1.807, 2.05) is 24.3 Å². The van der Waals surface area contributed by atoms with Crippen molar-refractivity contribution in [3.63, 3.8) is 0 Å². The number of benzene rings is 2. The Kier molecular flexibility index (Phi) is 5.75. The molecule has 0 spiro atoms. The van der Waals surface area contributed by atoms with E-state index >= 15 is 0 Å². The summed E-state index contributed by atoms with van der Waals surface area (Å²) in [4.78, 5) is 0. The van der Waals surface area contributed by atoms with E-state index in [0.29, 0.717) is 6.42 Å². The summed E-state index contributed by atoms with van der Waals surface area (Å²) >= 11 is 6.96. The first-order valence-electron chi connectivity index (χ1n) is 6.28. The maximum absolute atomic E-state index is 13.8. The number of rotatable bonds is 5. The quantitative estimate of drug-likeness (QED) is 0.568. The van der Waals surface area contributed by atoms with Crippen LogP contribution in [0.15, 0.2) is 45.3 Å². The molecule has 2 rings (SSSR count). The predicted molar refractivity (Wildman–Crippen MR) is 88.6 cm³/mol. The summed E-state index contributed by atoms with van der Waals surface area (Å²) in [5, 5.41) is 0. The van der Waals surface area contributed by atoms with Crippen LogP contribution < -0.4 is 16.0 Å². The summed E-state index contributed by atoms with van der Waals surface area (Å²) in [6.45, 7) is 0. The molecule has 6 heteroatoms. The molecule has 0 saturated heterocycles. The lowest BCUT2D eigenvalue weighted by molar-refractivity contribution is 0.386. The lowest BCUT2D eigenvalue weighted by Gasteiger charge is -2.18. The van der Waals surface area contributed by atoms with Crippen LogP contribution in [-0.2, 0) is 6.42 Å². The fourth-order valence-electron chi connectivity index (χ4n) is 2.11. The number of hydrogen-bond donors (Lipinski definition) is 2. The topological polar surface area (TPSA) is 47.3 Å². The third kappa shape index (κ3) is 4.03. The lowest BCUT2D eigenvalue weighted by atomic mass is 9.99. The van der Waals surface area contributed by atoms with Crippen molar-refractivity contribution in [1.29, 1.82) is 0 Å². The van der Waals surface area contributed by atoms with Gasteiger partial charge in [-0.3, -0.25) is 11.3 Å². The molecule has 0 amide bonds. The molecular weight excluding hydrogens is 403 g/mol. The molecule has 0 saturated carbocycles. The van der Waals surface area contributed by atoms with Crippen molar-refractivity contribution < 1.29 is 9.13 Å². The second kappa shape index (κ2) is 7.35. The summed E-state index contributed by atoms with van der Waals surface area (Å²) in [5.41, 5.74) is 4.62. The van der Waals surface area contributed by atoms with Crippen LogP contribution in [0.2, 0.25) is 0 Å². The van der Waals surface area contributed by atoms with Gasteiger partial charge in [0, 0.05) is 8.95 Å². The lowest BCUT2D eigenvalue weighted by Crippen LogP contribution is -2.29. The maximum atomic E-state index is 13.8. The van der Waals surface area contributed by atoms with Crippen molar-refractivity contribution in [2.75, 3.05) is 7.11 Å². The van der Waals surface area contributed by atoms with Crippen molar-refractivity contribution in [3.8, 4) is 5.75 Å². The molecule has 0 fully saturated rings. The van der Waals surface area contributed by atoms with Crippen molar-refractivity contribution in [1.82, 2.24) is 5.43 Å². The molecule has 0 aromatic heterocycles. The van der Waals surface area contributed by atoms with Gasteiger partial charge >= 0.3 is 0 Å². The molecule has 2 aromatic rings. The highest BCUT2D eigenvalue weighted by Crippen LogP contribution is 2.29. The summed E-state index contributed by atoms with van der Waals surface area (Å²) in [7, 11) is 1.45. The van der Waals surface area contributed by atoms with E-state index in [1.165, 1.54) is 13.2 Å². The number of methoxy groups -OCH3 is 1. The summed E-state index contributed by atoms with van der Waals surface area (Å²) in [5.74, 6) is 5.52. The fraction of sp³-hybridized carbons (Fsp3) is 0.200.